The molecule has 1 fully saturated rings. The van der Waals surface area contributed by atoms with Crippen LogP contribution in [-0.2, 0) is 6.54 Å². The lowest BCUT2D eigenvalue weighted by Crippen LogP contribution is -2.29. The van der Waals surface area contributed by atoms with Crippen molar-refractivity contribution in [3.8, 4) is 0 Å². The van der Waals surface area contributed by atoms with Crippen molar-refractivity contribution in [2.24, 2.45) is 0 Å². The van der Waals surface area contributed by atoms with Gasteiger partial charge in [-0.1, -0.05) is 0 Å². The van der Waals surface area contributed by atoms with E-state index in [9.17, 15) is 0 Å². The highest BCUT2D eigenvalue weighted by molar-refractivity contribution is 7.09. The van der Waals surface area contributed by atoms with Crippen molar-refractivity contribution in [2.45, 2.75) is 38.8 Å². The first-order chi connectivity index (χ1) is 7.36. The molecule has 2 heterocycles. The SMILES string of the molecule is Cc1ncsc1CNC1CCCNCC1. The Hall–Kier alpha value is -0.450. The fraction of sp³-hybridized carbons (Fsp3) is 0.727. The van der Waals surface area contributed by atoms with Crippen molar-refractivity contribution in [3.63, 3.8) is 0 Å². The molecule has 1 aromatic rings. The average molecular weight is 225 g/mol. The van der Waals surface area contributed by atoms with Crippen LogP contribution < -0.4 is 10.6 Å². The van der Waals surface area contributed by atoms with Crippen LogP contribution in [0.15, 0.2) is 5.51 Å². The number of nitrogens with zero attached hydrogens (tertiary/aromatic N) is 1. The van der Waals surface area contributed by atoms with E-state index < -0.39 is 0 Å². The van der Waals surface area contributed by atoms with Gasteiger partial charge in [-0.3, -0.25) is 0 Å². The topological polar surface area (TPSA) is 37.0 Å². The summed E-state index contributed by atoms with van der Waals surface area (Å²) < 4.78 is 0. The second kappa shape index (κ2) is 5.58. The molecule has 0 radical (unpaired) electrons. The number of rotatable bonds is 3. The van der Waals surface area contributed by atoms with Crippen molar-refractivity contribution < 1.29 is 0 Å². The molecule has 1 unspecified atom stereocenters. The average Bonchev–Trinajstić information content (AvgIpc) is 2.53. The van der Waals surface area contributed by atoms with Crippen LogP contribution in [-0.4, -0.2) is 24.1 Å². The number of nitrogens with one attached hydrogen (secondary N) is 2. The Labute approximate surface area is 95.3 Å². The molecule has 15 heavy (non-hydrogen) atoms. The third-order valence-corrected chi connectivity index (χ3v) is 3.91. The zero-order chi connectivity index (χ0) is 10.5. The summed E-state index contributed by atoms with van der Waals surface area (Å²) in [5, 5.41) is 7.07. The van der Waals surface area contributed by atoms with E-state index in [1.54, 1.807) is 11.3 Å². The molecular formula is C11H19N3S. The Kier molecular flexibility index (Phi) is 4.11. The van der Waals surface area contributed by atoms with E-state index >= 15 is 0 Å². The van der Waals surface area contributed by atoms with Gasteiger partial charge in [-0.25, -0.2) is 4.98 Å². The van der Waals surface area contributed by atoms with E-state index in [-0.39, 0.29) is 0 Å². The van der Waals surface area contributed by atoms with Crippen LogP contribution in [0.4, 0.5) is 0 Å². The van der Waals surface area contributed by atoms with E-state index in [1.165, 1.54) is 36.4 Å². The Balaban J connectivity index is 1.79. The van der Waals surface area contributed by atoms with Crippen molar-refractivity contribution in [1.29, 1.82) is 0 Å². The second-order valence-electron chi connectivity index (χ2n) is 4.12. The zero-order valence-electron chi connectivity index (χ0n) is 9.25. The molecule has 0 saturated carbocycles. The highest BCUT2D eigenvalue weighted by Gasteiger charge is 2.11. The molecule has 4 heteroatoms. The summed E-state index contributed by atoms with van der Waals surface area (Å²) in [4.78, 5) is 5.65. The molecular weight excluding hydrogens is 206 g/mol. The van der Waals surface area contributed by atoms with Crippen LogP contribution in [0.25, 0.3) is 0 Å². The van der Waals surface area contributed by atoms with Crippen LogP contribution in [0, 0.1) is 6.92 Å². The number of hydrogen-bond donors (Lipinski definition) is 2. The predicted molar refractivity (Wildman–Crippen MR) is 64.2 cm³/mol. The van der Waals surface area contributed by atoms with Gasteiger partial charge < -0.3 is 10.6 Å². The zero-order valence-corrected chi connectivity index (χ0v) is 10.1. The first-order valence-corrected chi connectivity index (χ1v) is 6.57. The summed E-state index contributed by atoms with van der Waals surface area (Å²) in [5.74, 6) is 0. The molecule has 1 saturated heterocycles. The minimum absolute atomic E-state index is 0.682. The predicted octanol–water partition coefficient (Wildman–Crippen LogP) is 1.68. The van der Waals surface area contributed by atoms with Gasteiger partial charge in [0.15, 0.2) is 0 Å². The third-order valence-electron chi connectivity index (χ3n) is 2.97. The molecule has 0 bridgehead atoms. The van der Waals surface area contributed by atoms with Gasteiger partial charge in [0.1, 0.15) is 0 Å². The maximum atomic E-state index is 4.27. The smallest absolute Gasteiger partial charge is 0.0798 e. The first-order valence-electron chi connectivity index (χ1n) is 5.69. The molecule has 1 aliphatic heterocycles. The van der Waals surface area contributed by atoms with Crippen LogP contribution in [0.3, 0.4) is 0 Å². The lowest BCUT2D eigenvalue weighted by atomic mass is 10.1. The largest absolute Gasteiger partial charge is 0.317 e. The van der Waals surface area contributed by atoms with Gasteiger partial charge in [0.25, 0.3) is 0 Å². The monoisotopic (exact) mass is 225 g/mol. The summed E-state index contributed by atoms with van der Waals surface area (Å²) in [6.07, 6.45) is 3.84. The molecule has 0 amide bonds. The number of aromatic nitrogens is 1. The van der Waals surface area contributed by atoms with E-state index in [0.717, 1.165) is 13.1 Å². The molecule has 2 rings (SSSR count). The number of hydrogen-bond acceptors (Lipinski definition) is 4. The molecule has 0 aliphatic carbocycles. The van der Waals surface area contributed by atoms with Crippen molar-refractivity contribution >= 4 is 11.3 Å². The summed E-state index contributed by atoms with van der Waals surface area (Å²) in [6.45, 7) is 5.40. The second-order valence-corrected chi connectivity index (χ2v) is 5.06. The molecule has 0 aromatic carbocycles. The number of aryl methyl sites for hydroxylation is 1. The molecule has 0 spiro atoms. The highest BCUT2D eigenvalue weighted by atomic mass is 32.1. The number of thiazole rings is 1. The van der Waals surface area contributed by atoms with Gasteiger partial charge >= 0.3 is 0 Å². The molecule has 3 nitrogen and oxygen atoms in total. The maximum Gasteiger partial charge on any atom is 0.0798 e. The quantitative estimate of drug-likeness (QED) is 0.822. The van der Waals surface area contributed by atoms with Gasteiger partial charge in [0.2, 0.25) is 0 Å². The van der Waals surface area contributed by atoms with E-state index in [2.05, 4.69) is 22.5 Å². The minimum Gasteiger partial charge on any atom is -0.317 e. The Morgan fingerprint density at radius 1 is 1.53 bits per heavy atom. The summed E-state index contributed by atoms with van der Waals surface area (Å²) in [7, 11) is 0. The normalized spacial score (nSPS) is 22.6. The summed E-state index contributed by atoms with van der Waals surface area (Å²) in [6, 6.07) is 0.682. The Morgan fingerprint density at radius 3 is 3.27 bits per heavy atom. The van der Waals surface area contributed by atoms with Crippen molar-refractivity contribution in [2.75, 3.05) is 13.1 Å². The lowest BCUT2D eigenvalue weighted by Gasteiger charge is -2.15. The van der Waals surface area contributed by atoms with E-state index in [1.807, 2.05) is 5.51 Å². The summed E-state index contributed by atoms with van der Waals surface area (Å²) in [5.41, 5.74) is 3.11. The standard InChI is InChI=1S/C11H19N3S/c1-9-11(15-8-14-9)7-13-10-3-2-5-12-6-4-10/h8,10,12-13H,2-7H2,1H3. The van der Waals surface area contributed by atoms with Gasteiger partial charge in [-0.15, -0.1) is 11.3 Å². The highest BCUT2D eigenvalue weighted by Crippen LogP contribution is 2.13. The lowest BCUT2D eigenvalue weighted by molar-refractivity contribution is 0.470. The van der Waals surface area contributed by atoms with Crippen molar-refractivity contribution in [1.82, 2.24) is 15.6 Å². The molecule has 1 aromatic heterocycles. The fourth-order valence-corrected chi connectivity index (χ4v) is 2.68. The minimum atomic E-state index is 0.682. The van der Waals surface area contributed by atoms with E-state index in [0.29, 0.717) is 6.04 Å². The molecule has 84 valence electrons. The Bertz CT molecular complexity index is 290. The van der Waals surface area contributed by atoms with Crippen LogP contribution in [0.1, 0.15) is 29.8 Å². The summed E-state index contributed by atoms with van der Waals surface area (Å²) >= 11 is 1.75. The molecule has 2 N–H and O–H groups in total. The van der Waals surface area contributed by atoms with Crippen LogP contribution >= 0.6 is 11.3 Å². The maximum absolute atomic E-state index is 4.27. The molecule has 1 aliphatic rings. The van der Waals surface area contributed by atoms with Crippen LogP contribution in [0.2, 0.25) is 0 Å². The Morgan fingerprint density at radius 2 is 2.47 bits per heavy atom. The van der Waals surface area contributed by atoms with E-state index in [4.69, 9.17) is 0 Å². The van der Waals surface area contributed by atoms with Gasteiger partial charge in [-0.2, -0.15) is 0 Å². The fourth-order valence-electron chi connectivity index (χ4n) is 1.96. The van der Waals surface area contributed by atoms with Gasteiger partial charge in [-0.05, 0) is 39.3 Å². The first kappa shape index (κ1) is 11.0. The third kappa shape index (κ3) is 3.26. The van der Waals surface area contributed by atoms with Crippen molar-refractivity contribution in [3.05, 3.63) is 16.1 Å². The van der Waals surface area contributed by atoms with Crippen LogP contribution in [0.5, 0.6) is 0 Å². The molecule has 1 atom stereocenters. The van der Waals surface area contributed by atoms with Gasteiger partial charge in [0, 0.05) is 17.5 Å². The van der Waals surface area contributed by atoms with Gasteiger partial charge in [0.05, 0.1) is 11.2 Å².